The molecule has 15 heavy (non-hydrogen) atoms. The number of halogens is 1. The van der Waals surface area contributed by atoms with Gasteiger partial charge in [0.2, 0.25) is 0 Å². The van der Waals surface area contributed by atoms with Crippen LogP contribution in [0.3, 0.4) is 0 Å². The minimum atomic E-state index is 0.109. The highest BCUT2D eigenvalue weighted by Crippen LogP contribution is 2.21. The van der Waals surface area contributed by atoms with Crippen molar-refractivity contribution in [3.63, 3.8) is 0 Å². The number of hydrogen-bond acceptors (Lipinski definition) is 3. The Morgan fingerprint density at radius 3 is 2.73 bits per heavy atom. The SMILES string of the molecule is CCC(C)CC(NN)c1ccc(Cl)cn1. The van der Waals surface area contributed by atoms with Gasteiger partial charge in [0.25, 0.3) is 0 Å². The topological polar surface area (TPSA) is 50.9 Å². The van der Waals surface area contributed by atoms with E-state index in [0.717, 1.165) is 18.5 Å². The molecule has 0 radical (unpaired) electrons. The molecular weight excluding hydrogens is 210 g/mol. The van der Waals surface area contributed by atoms with Gasteiger partial charge in [0.15, 0.2) is 0 Å². The van der Waals surface area contributed by atoms with E-state index in [2.05, 4.69) is 24.3 Å². The second-order valence-electron chi connectivity index (χ2n) is 3.87. The third-order valence-electron chi connectivity index (χ3n) is 2.64. The van der Waals surface area contributed by atoms with Crippen molar-refractivity contribution < 1.29 is 0 Å². The van der Waals surface area contributed by atoms with Crippen LogP contribution >= 0.6 is 11.6 Å². The summed E-state index contributed by atoms with van der Waals surface area (Å²) in [6.45, 7) is 4.38. The van der Waals surface area contributed by atoms with Crippen molar-refractivity contribution in [2.24, 2.45) is 11.8 Å². The summed E-state index contributed by atoms with van der Waals surface area (Å²) >= 11 is 5.78. The molecule has 0 amide bonds. The minimum absolute atomic E-state index is 0.109. The van der Waals surface area contributed by atoms with E-state index in [1.54, 1.807) is 6.20 Å². The van der Waals surface area contributed by atoms with Gasteiger partial charge >= 0.3 is 0 Å². The second kappa shape index (κ2) is 6.05. The van der Waals surface area contributed by atoms with Gasteiger partial charge < -0.3 is 0 Å². The van der Waals surface area contributed by atoms with Crippen molar-refractivity contribution in [2.75, 3.05) is 0 Å². The first-order chi connectivity index (χ1) is 7.17. The average molecular weight is 228 g/mol. The molecule has 1 rings (SSSR count). The first-order valence-electron chi connectivity index (χ1n) is 5.25. The van der Waals surface area contributed by atoms with Gasteiger partial charge in [0, 0.05) is 6.20 Å². The lowest BCUT2D eigenvalue weighted by Crippen LogP contribution is -2.29. The van der Waals surface area contributed by atoms with Gasteiger partial charge in [-0.2, -0.15) is 0 Å². The van der Waals surface area contributed by atoms with E-state index in [1.807, 2.05) is 12.1 Å². The Hall–Kier alpha value is -0.640. The van der Waals surface area contributed by atoms with Crippen molar-refractivity contribution >= 4 is 11.6 Å². The zero-order chi connectivity index (χ0) is 11.3. The van der Waals surface area contributed by atoms with E-state index in [-0.39, 0.29) is 6.04 Å². The summed E-state index contributed by atoms with van der Waals surface area (Å²) in [5.74, 6) is 6.15. The van der Waals surface area contributed by atoms with Crippen molar-refractivity contribution in [2.45, 2.75) is 32.7 Å². The van der Waals surface area contributed by atoms with Crippen LogP contribution in [0, 0.1) is 5.92 Å². The van der Waals surface area contributed by atoms with Crippen molar-refractivity contribution in [3.05, 3.63) is 29.0 Å². The number of hydrazine groups is 1. The minimum Gasteiger partial charge on any atom is -0.271 e. The molecule has 0 fully saturated rings. The number of nitrogens with two attached hydrogens (primary N) is 1. The van der Waals surface area contributed by atoms with Crippen molar-refractivity contribution in [1.29, 1.82) is 0 Å². The van der Waals surface area contributed by atoms with Gasteiger partial charge in [0.05, 0.1) is 16.8 Å². The molecule has 3 N–H and O–H groups in total. The Morgan fingerprint density at radius 1 is 1.53 bits per heavy atom. The van der Waals surface area contributed by atoms with Crippen LogP contribution in [-0.2, 0) is 0 Å². The molecule has 84 valence electrons. The van der Waals surface area contributed by atoms with E-state index in [0.29, 0.717) is 10.9 Å². The smallest absolute Gasteiger partial charge is 0.0634 e. The van der Waals surface area contributed by atoms with Crippen LogP contribution in [0.2, 0.25) is 5.02 Å². The lowest BCUT2D eigenvalue weighted by atomic mass is 9.97. The van der Waals surface area contributed by atoms with Crippen LogP contribution in [0.5, 0.6) is 0 Å². The normalized spacial score (nSPS) is 14.9. The Morgan fingerprint density at radius 2 is 2.27 bits per heavy atom. The van der Waals surface area contributed by atoms with Crippen LogP contribution < -0.4 is 11.3 Å². The van der Waals surface area contributed by atoms with Gasteiger partial charge in [-0.25, -0.2) is 0 Å². The van der Waals surface area contributed by atoms with E-state index < -0.39 is 0 Å². The molecule has 2 atom stereocenters. The maximum Gasteiger partial charge on any atom is 0.0634 e. The fourth-order valence-corrected chi connectivity index (χ4v) is 1.55. The Bertz CT molecular complexity index is 286. The fraction of sp³-hybridized carbons (Fsp3) is 0.545. The molecule has 1 aromatic rings. The molecule has 0 saturated carbocycles. The summed E-state index contributed by atoms with van der Waals surface area (Å²) in [7, 11) is 0. The Labute approximate surface area is 96.0 Å². The summed E-state index contributed by atoms with van der Waals surface area (Å²) in [5.41, 5.74) is 3.74. The van der Waals surface area contributed by atoms with Gasteiger partial charge in [-0.1, -0.05) is 31.9 Å². The molecule has 0 aliphatic carbocycles. The van der Waals surface area contributed by atoms with Crippen LogP contribution in [-0.4, -0.2) is 4.98 Å². The number of nitrogens with zero attached hydrogens (tertiary/aromatic N) is 1. The zero-order valence-electron chi connectivity index (χ0n) is 9.20. The second-order valence-corrected chi connectivity index (χ2v) is 4.31. The number of aromatic nitrogens is 1. The molecule has 1 aromatic heterocycles. The first-order valence-corrected chi connectivity index (χ1v) is 5.62. The van der Waals surface area contributed by atoms with Crippen LogP contribution in [0.1, 0.15) is 38.4 Å². The highest BCUT2D eigenvalue weighted by Gasteiger charge is 2.13. The third kappa shape index (κ3) is 3.78. The Balaban J connectivity index is 2.69. The monoisotopic (exact) mass is 227 g/mol. The van der Waals surface area contributed by atoms with Crippen molar-refractivity contribution in [1.82, 2.24) is 10.4 Å². The molecule has 0 bridgehead atoms. The van der Waals surface area contributed by atoms with Gasteiger partial charge in [-0.05, 0) is 24.5 Å². The maximum atomic E-state index is 5.78. The predicted octanol–water partition coefficient (Wildman–Crippen LogP) is 2.68. The summed E-state index contributed by atoms with van der Waals surface area (Å²) in [6, 6.07) is 3.86. The first kappa shape index (κ1) is 12.4. The van der Waals surface area contributed by atoms with Gasteiger partial charge in [0.1, 0.15) is 0 Å². The molecule has 0 saturated heterocycles. The molecule has 2 unspecified atom stereocenters. The highest BCUT2D eigenvalue weighted by molar-refractivity contribution is 6.30. The molecule has 3 nitrogen and oxygen atoms in total. The van der Waals surface area contributed by atoms with E-state index in [4.69, 9.17) is 17.4 Å². The average Bonchev–Trinajstić information content (AvgIpc) is 2.27. The predicted molar refractivity (Wildman–Crippen MR) is 63.4 cm³/mol. The van der Waals surface area contributed by atoms with Crippen LogP contribution in [0.15, 0.2) is 18.3 Å². The summed E-state index contributed by atoms with van der Waals surface area (Å²) in [4.78, 5) is 4.26. The maximum absolute atomic E-state index is 5.78. The fourth-order valence-electron chi connectivity index (χ4n) is 1.44. The zero-order valence-corrected chi connectivity index (χ0v) is 9.96. The van der Waals surface area contributed by atoms with Gasteiger partial charge in [-0.15, -0.1) is 0 Å². The Kier molecular flexibility index (Phi) is 5.02. The quantitative estimate of drug-likeness (QED) is 0.601. The molecule has 4 heteroatoms. The van der Waals surface area contributed by atoms with Gasteiger partial charge in [-0.3, -0.25) is 16.3 Å². The number of rotatable bonds is 5. The molecule has 1 heterocycles. The third-order valence-corrected chi connectivity index (χ3v) is 2.87. The lowest BCUT2D eigenvalue weighted by molar-refractivity contribution is 0.401. The van der Waals surface area contributed by atoms with Crippen LogP contribution in [0.4, 0.5) is 0 Å². The molecular formula is C11H18ClN3. The standard InChI is InChI=1S/C11H18ClN3/c1-3-8(2)6-11(15-13)10-5-4-9(12)7-14-10/h4-5,7-8,11,15H,3,6,13H2,1-2H3. The van der Waals surface area contributed by atoms with E-state index in [1.165, 1.54) is 0 Å². The number of pyridine rings is 1. The highest BCUT2D eigenvalue weighted by atomic mass is 35.5. The van der Waals surface area contributed by atoms with Crippen molar-refractivity contribution in [3.8, 4) is 0 Å². The van der Waals surface area contributed by atoms with Crippen LogP contribution in [0.25, 0.3) is 0 Å². The van der Waals surface area contributed by atoms with E-state index >= 15 is 0 Å². The number of nitrogens with one attached hydrogen (secondary N) is 1. The lowest BCUT2D eigenvalue weighted by Gasteiger charge is -2.18. The summed E-state index contributed by atoms with van der Waals surface area (Å²) < 4.78 is 0. The van der Waals surface area contributed by atoms with E-state index in [9.17, 15) is 0 Å². The summed E-state index contributed by atoms with van der Waals surface area (Å²) in [6.07, 6.45) is 3.78. The molecule has 0 aliphatic rings. The molecule has 0 aliphatic heterocycles. The largest absolute Gasteiger partial charge is 0.271 e. The summed E-state index contributed by atoms with van der Waals surface area (Å²) in [5, 5.41) is 0.651. The number of hydrogen-bond donors (Lipinski definition) is 2. The molecule has 0 spiro atoms. The molecule has 0 aromatic carbocycles.